The highest BCUT2D eigenvalue weighted by Crippen LogP contribution is 2.25. The third-order valence-corrected chi connectivity index (χ3v) is 3.62. The maximum Gasteiger partial charge on any atom is 0.0647 e. The number of hydrogen-bond donors (Lipinski definition) is 1. The van der Waals surface area contributed by atoms with E-state index in [1.54, 1.807) is 0 Å². The summed E-state index contributed by atoms with van der Waals surface area (Å²) in [6, 6.07) is 8.45. The molecule has 96 valence electrons. The van der Waals surface area contributed by atoms with Crippen LogP contribution in [-0.4, -0.2) is 9.78 Å². The number of benzene rings is 1. The van der Waals surface area contributed by atoms with Crippen LogP contribution < -0.4 is 5.73 Å². The number of aromatic nitrogens is 2. The van der Waals surface area contributed by atoms with Crippen LogP contribution in [0.25, 0.3) is 0 Å². The van der Waals surface area contributed by atoms with Gasteiger partial charge in [-0.25, -0.2) is 0 Å². The molecule has 2 rings (SSSR count). The first-order chi connectivity index (χ1) is 8.54. The van der Waals surface area contributed by atoms with E-state index in [4.69, 9.17) is 5.73 Å². The average Bonchev–Trinajstić information content (AvgIpc) is 2.63. The van der Waals surface area contributed by atoms with E-state index in [1.807, 2.05) is 18.7 Å². The summed E-state index contributed by atoms with van der Waals surface area (Å²) in [4.78, 5) is 0. The van der Waals surface area contributed by atoms with Gasteiger partial charge in [-0.2, -0.15) is 5.10 Å². The van der Waals surface area contributed by atoms with Crippen molar-refractivity contribution in [3.8, 4) is 0 Å². The molecule has 1 unspecified atom stereocenters. The van der Waals surface area contributed by atoms with Gasteiger partial charge in [0.1, 0.15) is 0 Å². The maximum absolute atomic E-state index is 6.37. The molecule has 1 aromatic carbocycles. The van der Waals surface area contributed by atoms with Gasteiger partial charge in [-0.05, 0) is 31.4 Å². The van der Waals surface area contributed by atoms with E-state index in [0.29, 0.717) is 0 Å². The zero-order chi connectivity index (χ0) is 13.3. The molecule has 1 heterocycles. The van der Waals surface area contributed by atoms with Crippen LogP contribution in [0.4, 0.5) is 0 Å². The molecular weight excluding hydrogens is 222 g/mol. The van der Waals surface area contributed by atoms with Crippen molar-refractivity contribution in [1.29, 1.82) is 0 Å². The summed E-state index contributed by atoms with van der Waals surface area (Å²) < 4.78 is 1.89. The SMILES string of the molecule is CCc1ccc(C(N)c2c(C)nn(C)c2C)cc1. The standard InChI is InChI=1S/C15H21N3/c1-5-12-6-8-13(9-7-12)15(16)14-10(2)17-18(4)11(14)3/h6-9,15H,5,16H2,1-4H3. The molecule has 0 saturated heterocycles. The van der Waals surface area contributed by atoms with Crippen molar-refractivity contribution in [2.45, 2.75) is 33.2 Å². The Labute approximate surface area is 109 Å². The van der Waals surface area contributed by atoms with Crippen LogP contribution >= 0.6 is 0 Å². The fraction of sp³-hybridized carbons (Fsp3) is 0.400. The lowest BCUT2D eigenvalue weighted by Crippen LogP contribution is -2.14. The second kappa shape index (κ2) is 4.94. The number of rotatable bonds is 3. The Morgan fingerprint density at radius 3 is 2.28 bits per heavy atom. The van der Waals surface area contributed by atoms with Gasteiger partial charge >= 0.3 is 0 Å². The minimum atomic E-state index is -0.0930. The Morgan fingerprint density at radius 2 is 1.83 bits per heavy atom. The van der Waals surface area contributed by atoms with E-state index in [1.165, 1.54) is 5.56 Å². The molecule has 0 spiro atoms. The molecule has 0 amide bonds. The summed E-state index contributed by atoms with van der Waals surface area (Å²) in [7, 11) is 1.96. The lowest BCUT2D eigenvalue weighted by molar-refractivity contribution is 0.728. The molecule has 1 aromatic heterocycles. The first kappa shape index (κ1) is 12.8. The third kappa shape index (κ3) is 2.18. The van der Waals surface area contributed by atoms with Gasteiger partial charge in [0.25, 0.3) is 0 Å². The first-order valence-corrected chi connectivity index (χ1v) is 6.39. The topological polar surface area (TPSA) is 43.8 Å². The van der Waals surface area contributed by atoms with Crippen LogP contribution in [0.5, 0.6) is 0 Å². The third-order valence-electron chi connectivity index (χ3n) is 3.62. The Morgan fingerprint density at radius 1 is 1.22 bits per heavy atom. The highest BCUT2D eigenvalue weighted by Gasteiger charge is 2.18. The van der Waals surface area contributed by atoms with Gasteiger partial charge in [-0.15, -0.1) is 0 Å². The van der Waals surface area contributed by atoms with Gasteiger partial charge in [-0.3, -0.25) is 4.68 Å². The van der Waals surface area contributed by atoms with Crippen molar-refractivity contribution >= 4 is 0 Å². The van der Waals surface area contributed by atoms with Crippen LogP contribution in [0.2, 0.25) is 0 Å². The van der Waals surface area contributed by atoms with Crippen molar-refractivity contribution in [3.05, 3.63) is 52.3 Å². The molecule has 18 heavy (non-hydrogen) atoms. The Balaban J connectivity index is 2.37. The van der Waals surface area contributed by atoms with Gasteiger partial charge in [0.15, 0.2) is 0 Å². The molecule has 0 aliphatic carbocycles. The minimum absolute atomic E-state index is 0.0930. The van der Waals surface area contributed by atoms with E-state index in [9.17, 15) is 0 Å². The molecular formula is C15H21N3. The molecule has 0 radical (unpaired) electrons. The number of aryl methyl sites for hydroxylation is 3. The average molecular weight is 243 g/mol. The van der Waals surface area contributed by atoms with Gasteiger partial charge in [0, 0.05) is 18.3 Å². The Bertz CT molecular complexity index is 538. The summed E-state index contributed by atoms with van der Waals surface area (Å²) in [6.07, 6.45) is 1.06. The van der Waals surface area contributed by atoms with Crippen LogP contribution in [-0.2, 0) is 13.5 Å². The quantitative estimate of drug-likeness (QED) is 0.900. The van der Waals surface area contributed by atoms with Crippen LogP contribution in [0.15, 0.2) is 24.3 Å². The molecule has 1 atom stereocenters. The minimum Gasteiger partial charge on any atom is -0.320 e. The smallest absolute Gasteiger partial charge is 0.0647 e. The molecule has 3 nitrogen and oxygen atoms in total. The highest BCUT2D eigenvalue weighted by molar-refractivity contribution is 5.37. The zero-order valence-corrected chi connectivity index (χ0v) is 11.6. The summed E-state index contributed by atoms with van der Waals surface area (Å²) in [5, 5.41) is 4.43. The van der Waals surface area contributed by atoms with E-state index in [0.717, 1.165) is 28.9 Å². The first-order valence-electron chi connectivity index (χ1n) is 6.39. The van der Waals surface area contributed by atoms with E-state index >= 15 is 0 Å². The zero-order valence-electron chi connectivity index (χ0n) is 11.6. The number of hydrogen-bond acceptors (Lipinski definition) is 2. The van der Waals surface area contributed by atoms with E-state index < -0.39 is 0 Å². The molecule has 2 N–H and O–H groups in total. The highest BCUT2D eigenvalue weighted by atomic mass is 15.3. The van der Waals surface area contributed by atoms with Gasteiger partial charge in [0.2, 0.25) is 0 Å². The van der Waals surface area contributed by atoms with Crippen molar-refractivity contribution in [2.24, 2.45) is 12.8 Å². The molecule has 3 heteroatoms. The molecule has 0 bridgehead atoms. The summed E-state index contributed by atoms with van der Waals surface area (Å²) >= 11 is 0. The maximum atomic E-state index is 6.37. The lowest BCUT2D eigenvalue weighted by Gasteiger charge is -2.13. The lowest BCUT2D eigenvalue weighted by atomic mass is 9.97. The Kier molecular flexibility index (Phi) is 3.53. The second-order valence-electron chi connectivity index (χ2n) is 4.78. The van der Waals surface area contributed by atoms with Gasteiger partial charge < -0.3 is 5.73 Å². The van der Waals surface area contributed by atoms with Crippen molar-refractivity contribution in [3.63, 3.8) is 0 Å². The molecule has 0 aliphatic rings. The van der Waals surface area contributed by atoms with Crippen LogP contribution in [0, 0.1) is 13.8 Å². The van der Waals surface area contributed by atoms with Crippen molar-refractivity contribution < 1.29 is 0 Å². The van der Waals surface area contributed by atoms with E-state index in [-0.39, 0.29) is 6.04 Å². The fourth-order valence-corrected chi connectivity index (χ4v) is 2.37. The predicted octanol–water partition coefficient (Wildman–Crippen LogP) is 2.65. The molecule has 0 aliphatic heterocycles. The van der Waals surface area contributed by atoms with E-state index in [2.05, 4.69) is 43.2 Å². The second-order valence-corrected chi connectivity index (χ2v) is 4.78. The number of nitrogens with two attached hydrogens (primary N) is 1. The number of nitrogens with zero attached hydrogens (tertiary/aromatic N) is 2. The molecule has 0 saturated carbocycles. The molecule has 2 aromatic rings. The van der Waals surface area contributed by atoms with Crippen LogP contribution in [0.1, 0.15) is 41.0 Å². The monoisotopic (exact) mass is 243 g/mol. The summed E-state index contributed by atoms with van der Waals surface area (Å²) in [5.41, 5.74) is 12.1. The normalized spacial score (nSPS) is 12.7. The predicted molar refractivity (Wildman–Crippen MR) is 74.5 cm³/mol. The fourth-order valence-electron chi connectivity index (χ4n) is 2.37. The van der Waals surface area contributed by atoms with Gasteiger partial charge in [0.05, 0.1) is 11.7 Å². The summed E-state index contributed by atoms with van der Waals surface area (Å²) in [5.74, 6) is 0. The van der Waals surface area contributed by atoms with Crippen LogP contribution in [0.3, 0.4) is 0 Å². The van der Waals surface area contributed by atoms with Gasteiger partial charge in [-0.1, -0.05) is 31.2 Å². The van der Waals surface area contributed by atoms with Crippen molar-refractivity contribution in [1.82, 2.24) is 9.78 Å². The molecule has 0 fully saturated rings. The summed E-state index contributed by atoms with van der Waals surface area (Å²) in [6.45, 7) is 6.24. The van der Waals surface area contributed by atoms with Crippen molar-refractivity contribution in [2.75, 3.05) is 0 Å². The largest absolute Gasteiger partial charge is 0.320 e. The Hall–Kier alpha value is -1.61.